The topological polar surface area (TPSA) is 57.8 Å². The molecule has 1 aliphatic heterocycles. The first-order valence-corrected chi connectivity index (χ1v) is 12.7. The van der Waals surface area contributed by atoms with Gasteiger partial charge in [0.05, 0.1) is 24.8 Å². The second-order valence-electron chi connectivity index (χ2n) is 9.05. The molecule has 0 fully saturated rings. The van der Waals surface area contributed by atoms with Crippen molar-refractivity contribution in [2.24, 2.45) is 0 Å². The molecule has 37 heavy (non-hydrogen) atoms. The highest BCUT2D eigenvalue weighted by Gasteiger charge is 2.25. The highest BCUT2D eigenvalue weighted by Crippen LogP contribution is 2.32. The van der Waals surface area contributed by atoms with Crippen molar-refractivity contribution < 1.29 is 4.74 Å². The molecule has 0 amide bonds. The van der Waals surface area contributed by atoms with Crippen LogP contribution in [0.15, 0.2) is 55.0 Å². The summed E-state index contributed by atoms with van der Waals surface area (Å²) in [5.74, 6) is 2.90. The minimum atomic E-state index is 0.303. The number of hydrogen-bond acceptors (Lipinski definition) is 4. The largest absolute Gasteiger partial charge is 0.495 e. The van der Waals surface area contributed by atoms with E-state index in [0.29, 0.717) is 5.92 Å². The first-order chi connectivity index (χ1) is 18.0. The first kappa shape index (κ1) is 27.5. The van der Waals surface area contributed by atoms with Crippen molar-refractivity contribution in [3.8, 4) is 24.3 Å². The number of methoxy groups -OCH3 is 1. The Hall–Kier alpha value is -4.11. The van der Waals surface area contributed by atoms with E-state index in [4.69, 9.17) is 14.8 Å². The number of fused-ring (bicyclic) bond motifs is 1. The number of terminal acetylenes is 1. The fourth-order valence-corrected chi connectivity index (χ4v) is 4.29. The van der Waals surface area contributed by atoms with Gasteiger partial charge in [-0.25, -0.2) is 14.6 Å². The summed E-state index contributed by atoms with van der Waals surface area (Å²) in [5.41, 5.74) is 5.55. The molecule has 192 valence electrons. The summed E-state index contributed by atoms with van der Waals surface area (Å²) < 4.78 is 9.66. The van der Waals surface area contributed by atoms with Crippen LogP contribution >= 0.6 is 0 Å². The highest BCUT2D eigenvalue weighted by molar-refractivity contribution is 5.69. The molecule has 6 heteroatoms. The fourth-order valence-electron chi connectivity index (χ4n) is 4.29. The van der Waals surface area contributed by atoms with Gasteiger partial charge in [-0.2, -0.15) is 5.10 Å². The van der Waals surface area contributed by atoms with Crippen molar-refractivity contribution in [3.63, 3.8) is 0 Å². The lowest BCUT2D eigenvalue weighted by molar-refractivity contribution is 0.413. The Balaban J connectivity index is 0.000000711. The lowest BCUT2D eigenvalue weighted by Crippen LogP contribution is -2.17. The number of imidazole rings is 1. The molecule has 5 rings (SSSR count). The molecule has 0 unspecified atom stereocenters. The fraction of sp³-hybridized carbons (Fsp3) is 0.323. The molecule has 0 saturated carbocycles. The normalized spacial score (nSPS) is 14.2. The molecule has 0 saturated heterocycles. The van der Waals surface area contributed by atoms with Gasteiger partial charge in [0, 0.05) is 18.7 Å². The second-order valence-corrected chi connectivity index (χ2v) is 9.05. The zero-order chi connectivity index (χ0) is 26.8. The number of aromatic nitrogens is 5. The van der Waals surface area contributed by atoms with E-state index in [0.717, 1.165) is 53.7 Å². The van der Waals surface area contributed by atoms with E-state index in [1.54, 1.807) is 13.4 Å². The maximum atomic E-state index is 5.62. The van der Waals surface area contributed by atoms with Crippen LogP contribution in [0.4, 0.5) is 0 Å². The van der Waals surface area contributed by atoms with Crippen molar-refractivity contribution in [2.75, 3.05) is 7.11 Å². The molecule has 0 N–H and O–H groups in total. The first-order valence-electron chi connectivity index (χ1n) is 12.7. The summed E-state index contributed by atoms with van der Waals surface area (Å²) >= 11 is 0. The molecule has 1 atom stereocenters. The minimum absolute atomic E-state index is 0.303. The third-order valence-corrected chi connectivity index (χ3v) is 5.99. The van der Waals surface area contributed by atoms with E-state index >= 15 is 0 Å². The average molecular weight is 496 g/mol. The van der Waals surface area contributed by atoms with Crippen molar-refractivity contribution in [1.29, 1.82) is 0 Å². The summed E-state index contributed by atoms with van der Waals surface area (Å²) in [5, 5.41) is 4.74. The van der Waals surface area contributed by atoms with Crippen LogP contribution in [-0.2, 0) is 6.54 Å². The maximum Gasteiger partial charge on any atom is 0.174 e. The van der Waals surface area contributed by atoms with Gasteiger partial charge in [-0.3, -0.25) is 0 Å². The summed E-state index contributed by atoms with van der Waals surface area (Å²) in [6.45, 7) is 9.26. The molecule has 0 radical (unpaired) electrons. The SMILES string of the molecule is C#C.CCC.COc1cc(/C=C/c2nc3n(n2)CCC[C@H]3c2ccc(C)cc2)ccc1-n1cnc(C)c1. The van der Waals surface area contributed by atoms with Gasteiger partial charge in [-0.15, -0.1) is 12.8 Å². The predicted molar refractivity (Wildman–Crippen MR) is 152 cm³/mol. The van der Waals surface area contributed by atoms with Crippen LogP contribution in [0.3, 0.4) is 0 Å². The zero-order valence-corrected chi connectivity index (χ0v) is 22.6. The lowest BCUT2D eigenvalue weighted by Gasteiger charge is -2.22. The lowest BCUT2D eigenvalue weighted by atomic mass is 9.91. The Morgan fingerprint density at radius 1 is 1.05 bits per heavy atom. The third kappa shape index (κ3) is 6.77. The summed E-state index contributed by atoms with van der Waals surface area (Å²) in [7, 11) is 1.69. The Morgan fingerprint density at radius 2 is 1.78 bits per heavy atom. The predicted octanol–water partition coefficient (Wildman–Crippen LogP) is 6.85. The third-order valence-electron chi connectivity index (χ3n) is 5.99. The minimum Gasteiger partial charge on any atom is -0.495 e. The van der Waals surface area contributed by atoms with Gasteiger partial charge in [0.25, 0.3) is 0 Å². The Labute approximate surface area is 221 Å². The van der Waals surface area contributed by atoms with Gasteiger partial charge in [0.1, 0.15) is 11.6 Å². The molecule has 1 aliphatic rings. The Morgan fingerprint density at radius 3 is 2.43 bits per heavy atom. The van der Waals surface area contributed by atoms with E-state index in [1.807, 2.05) is 42.0 Å². The Kier molecular flexibility index (Phi) is 9.85. The van der Waals surface area contributed by atoms with Crippen LogP contribution in [0.5, 0.6) is 5.75 Å². The van der Waals surface area contributed by atoms with Crippen molar-refractivity contribution in [1.82, 2.24) is 24.3 Å². The number of aryl methyl sites for hydroxylation is 3. The zero-order valence-electron chi connectivity index (χ0n) is 22.6. The standard InChI is InChI=1S/C26H27N5O.C3H8.C2H2/c1-18-6-10-21(11-7-18)22-5-4-14-31-26(22)28-25(29-31)13-9-20-8-12-23(24(15-20)32-3)30-16-19(2)27-17-30;1-3-2;1-2/h6-13,15-17,22H,4-5,14H2,1-3H3;3H2,1-2H3;1-2H/b13-9+;;/t22-;;/m0../s1. The quantitative estimate of drug-likeness (QED) is 0.284. The average Bonchev–Trinajstić information content (AvgIpc) is 3.55. The van der Waals surface area contributed by atoms with Gasteiger partial charge in [0.15, 0.2) is 5.82 Å². The van der Waals surface area contributed by atoms with E-state index in [2.05, 4.69) is 73.6 Å². The molecule has 3 heterocycles. The smallest absolute Gasteiger partial charge is 0.174 e. The van der Waals surface area contributed by atoms with Crippen molar-refractivity contribution >= 4 is 12.2 Å². The van der Waals surface area contributed by atoms with Gasteiger partial charge in [0.2, 0.25) is 0 Å². The molecule has 2 aromatic heterocycles. The van der Waals surface area contributed by atoms with Crippen LogP contribution in [-0.4, -0.2) is 31.4 Å². The summed E-state index contributed by atoms with van der Waals surface area (Å²) in [6, 6.07) is 14.9. The van der Waals surface area contributed by atoms with Crippen LogP contribution in [0.1, 0.15) is 73.1 Å². The molecular weight excluding hydrogens is 458 g/mol. The van der Waals surface area contributed by atoms with Crippen molar-refractivity contribution in [3.05, 3.63) is 89.0 Å². The number of rotatable bonds is 5. The number of ether oxygens (including phenoxy) is 1. The summed E-state index contributed by atoms with van der Waals surface area (Å²) in [4.78, 5) is 9.18. The van der Waals surface area contributed by atoms with Gasteiger partial charge in [-0.1, -0.05) is 62.2 Å². The molecule has 0 aliphatic carbocycles. The monoisotopic (exact) mass is 495 g/mol. The van der Waals surface area contributed by atoms with E-state index in [9.17, 15) is 0 Å². The van der Waals surface area contributed by atoms with E-state index in [-0.39, 0.29) is 0 Å². The van der Waals surface area contributed by atoms with E-state index < -0.39 is 0 Å². The number of hydrogen-bond donors (Lipinski definition) is 0. The van der Waals surface area contributed by atoms with Gasteiger partial charge in [-0.05, 0) is 56.0 Å². The number of benzene rings is 2. The van der Waals surface area contributed by atoms with Gasteiger partial charge < -0.3 is 9.30 Å². The molecule has 0 spiro atoms. The second kappa shape index (κ2) is 13.3. The van der Waals surface area contributed by atoms with Gasteiger partial charge >= 0.3 is 0 Å². The molecule has 2 aromatic carbocycles. The van der Waals surface area contributed by atoms with Crippen LogP contribution < -0.4 is 4.74 Å². The molecule has 0 bridgehead atoms. The maximum absolute atomic E-state index is 5.62. The molecule has 6 nitrogen and oxygen atoms in total. The Bertz CT molecular complexity index is 1330. The summed E-state index contributed by atoms with van der Waals surface area (Å²) in [6.07, 6.45) is 19.3. The van der Waals surface area contributed by atoms with Crippen molar-refractivity contribution in [2.45, 2.75) is 59.4 Å². The van der Waals surface area contributed by atoms with Crippen LogP contribution in [0.2, 0.25) is 0 Å². The molecule has 4 aromatic rings. The highest BCUT2D eigenvalue weighted by atomic mass is 16.5. The van der Waals surface area contributed by atoms with Crippen LogP contribution in [0, 0.1) is 26.7 Å². The molecular formula is C31H37N5O. The van der Waals surface area contributed by atoms with E-state index in [1.165, 1.54) is 17.5 Å². The van der Waals surface area contributed by atoms with Crippen LogP contribution in [0.25, 0.3) is 17.8 Å². The number of nitrogens with zero attached hydrogens (tertiary/aromatic N) is 5.